The van der Waals surface area contributed by atoms with Crippen molar-refractivity contribution >= 4 is 11.0 Å². The molecule has 3 rings (SSSR count). The number of aromatic nitrogens is 2. The molecular formula is C15H17F4N3O. The lowest BCUT2D eigenvalue weighted by molar-refractivity contribution is -0.137. The van der Waals surface area contributed by atoms with Gasteiger partial charge in [-0.25, -0.2) is 9.37 Å². The van der Waals surface area contributed by atoms with Gasteiger partial charge in [-0.1, -0.05) is 0 Å². The van der Waals surface area contributed by atoms with Crippen molar-refractivity contribution in [3.8, 4) is 0 Å². The van der Waals surface area contributed by atoms with Crippen LogP contribution in [0, 0.1) is 0 Å². The van der Waals surface area contributed by atoms with Crippen LogP contribution >= 0.6 is 0 Å². The summed E-state index contributed by atoms with van der Waals surface area (Å²) in [5, 5.41) is 9.31. The van der Waals surface area contributed by atoms with Crippen LogP contribution in [0.5, 0.6) is 0 Å². The fourth-order valence-corrected chi connectivity index (χ4v) is 3.06. The average molecular weight is 331 g/mol. The van der Waals surface area contributed by atoms with Gasteiger partial charge in [-0.3, -0.25) is 4.90 Å². The van der Waals surface area contributed by atoms with E-state index in [1.54, 1.807) is 16.5 Å². The van der Waals surface area contributed by atoms with Gasteiger partial charge < -0.3 is 9.67 Å². The minimum absolute atomic E-state index is 0.150. The van der Waals surface area contributed by atoms with Gasteiger partial charge in [0.05, 0.1) is 29.7 Å². The number of hydrogen-bond acceptors (Lipinski definition) is 3. The fraction of sp³-hybridized carbons (Fsp3) is 0.533. The predicted molar refractivity (Wildman–Crippen MR) is 76.5 cm³/mol. The Hall–Kier alpha value is -1.67. The molecule has 0 saturated carbocycles. The van der Waals surface area contributed by atoms with Gasteiger partial charge in [0.1, 0.15) is 12.0 Å². The molecule has 1 aromatic carbocycles. The Morgan fingerprint density at radius 2 is 2.09 bits per heavy atom. The van der Waals surface area contributed by atoms with Crippen LogP contribution in [0.25, 0.3) is 11.0 Å². The highest BCUT2D eigenvalue weighted by molar-refractivity contribution is 5.77. The smallest absolute Gasteiger partial charge is 0.395 e. The predicted octanol–water partition coefficient (Wildman–Crippen LogP) is 2.50. The number of hydrogen-bond donors (Lipinski definition) is 1. The van der Waals surface area contributed by atoms with E-state index in [1.165, 1.54) is 6.07 Å². The fourth-order valence-electron chi connectivity index (χ4n) is 3.06. The Bertz CT molecular complexity index is 713. The summed E-state index contributed by atoms with van der Waals surface area (Å²) in [5.41, 5.74) is 0.103. The number of benzene rings is 1. The third-order valence-electron chi connectivity index (χ3n) is 4.33. The zero-order valence-corrected chi connectivity index (χ0v) is 12.5. The molecule has 0 spiro atoms. The van der Waals surface area contributed by atoms with E-state index in [9.17, 15) is 22.7 Å². The first-order valence-corrected chi connectivity index (χ1v) is 7.31. The van der Waals surface area contributed by atoms with Crippen molar-refractivity contribution in [2.24, 2.45) is 7.05 Å². The molecule has 0 radical (unpaired) electrons. The molecule has 0 bridgehead atoms. The van der Waals surface area contributed by atoms with E-state index in [4.69, 9.17) is 0 Å². The van der Waals surface area contributed by atoms with Crippen LogP contribution in [0.2, 0.25) is 0 Å². The number of aryl methyl sites for hydroxylation is 1. The molecule has 23 heavy (non-hydrogen) atoms. The van der Waals surface area contributed by atoms with E-state index >= 15 is 0 Å². The van der Waals surface area contributed by atoms with Gasteiger partial charge in [-0.05, 0) is 24.6 Å². The average Bonchev–Trinajstić information content (AvgIpc) is 2.99. The molecule has 2 heterocycles. The molecule has 4 nitrogen and oxygen atoms in total. The number of aliphatic hydroxyl groups excluding tert-OH is 1. The standard InChI is InChI=1S/C15H17F4N3O/c1-21-13-3-2-9(15(17,18)19)4-12(13)20-14(21)7-22-6-10(16)5-11(22)8-23/h2-4,10-11,23H,5-8H2,1H3/t10-,11-/m0/s1. The molecule has 1 saturated heterocycles. The first-order chi connectivity index (χ1) is 10.8. The molecule has 2 atom stereocenters. The minimum Gasteiger partial charge on any atom is -0.395 e. The molecule has 2 aromatic rings. The third-order valence-corrected chi connectivity index (χ3v) is 4.33. The molecule has 1 fully saturated rings. The highest BCUT2D eigenvalue weighted by Gasteiger charge is 2.33. The van der Waals surface area contributed by atoms with Gasteiger partial charge in [0.2, 0.25) is 0 Å². The molecule has 1 aliphatic rings. The largest absolute Gasteiger partial charge is 0.416 e. The topological polar surface area (TPSA) is 41.3 Å². The van der Waals surface area contributed by atoms with Gasteiger partial charge in [0, 0.05) is 19.6 Å². The quantitative estimate of drug-likeness (QED) is 0.879. The van der Waals surface area contributed by atoms with Crippen molar-refractivity contribution in [3.05, 3.63) is 29.6 Å². The number of alkyl halides is 4. The molecule has 126 valence electrons. The summed E-state index contributed by atoms with van der Waals surface area (Å²) in [6.45, 7) is 0.336. The molecule has 0 aliphatic carbocycles. The van der Waals surface area contributed by atoms with E-state index < -0.39 is 17.9 Å². The van der Waals surface area contributed by atoms with Crippen molar-refractivity contribution in [1.82, 2.24) is 14.5 Å². The maximum Gasteiger partial charge on any atom is 0.416 e. The van der Waals surface area contributed by atoms with Gasteiger partial charge in [-0.15, -0.1) is 0 Å². The minimum atomic E-state index is -4.41. The number of nitrogens with zero attached hydrogens (tertiary/aromatic N) is 3. The Labute approximate surface area is 130 Å². The summed E-state index contributed by atoms with van der Waals surface area (Å²) >= 11 is 0. The zero-order chi connectivity index (χ0) is 16.8. The summed E-state index contributed by atoms with van der Waals surface area (Å²) in [4.78, 5) is 6.04. The van der Waals surface area contributed by atoms with Crippen LogP contribution in [0.1, 0.15) is 17.8 Å². The zero-order valence-electron chi connectivity index (χ0n) is 12.5. The van der Waals surface area contributed by atoms with Crippen LogP contribution in [-0.2, 0) is 19.8 Å². The summed E-state index contributed by atoms with van der Waals surface area (Å²) < 4.78 is 53.5. The Balaban J connectivity index is 1.91. The lowest BCUT2D eigenvalue weighted by atomic mass is 10.2. The number of aliphatic hydroxyl groups is 1. The van der Waals surface area contributed by atoms with Crippen molar-refractivity contribution in [2.75, 3.05) is 13.2 Å². The van der Waals surface area contributed by atoms with Gasteiger partial charge in [0.15, 0.2) is 0 Å². The molecular weight excluding hydrogens is 314 g/mol. The molecule has 0 amide bonds. The van der Waals surface area contributed by atoms with Gasteiger partial charge in [-0.2, -0.15) is 13.2 Å². The maximum absolute atomic E-state index is 13.5. The van der Waals surface area contributed by atoms with Crippen molar-refractivity contribution in [2.45, 2.75) is 31.4 Å². The first-order valence-electron chi connectivity index (χ1n) is 7.31. The van der Waals surface area contributed by atoms with Crippen LogP contribution in [0.15, 0.2) is 18.2 Å². The Morgan fingerprint density at radius 3 is 2.74 bits per heavy atom. The van der Waals surface area contributed by atoms with Crippen LogP contribution in [0.3, 0.4) is 0 Å². The Morgan fingerprint density at radius 1 is 1.35 bits per heavy atom. The van der Waals surface area contributed by atoms with Crippen molar-refractivity contribution < 1.29 is 22.7 Å². The molecule has 8 heteroatoms. The molecule has 1 aliphatic heterocycles. The van der Waals surface area contributed by atoms with Gasteiger partial charge in [0.25, 0.3) is 0 Å². The number of imidazole rings is 1. The van der Waals surface area contributed by atoms with Crippen LogP contribution in [-0.4, -0.2) is 44.9 Å². The summed E-state index contributed by atoms with van der Waals surface area (Å²) in [5.74, 6) is 0.548. The molecule has 0 unspecified atom stereocenters. The third kappa shape index (κ3) is 3.05. The second-order valence-electron chi connectivity index (χ2n) is 5.89. The van der Waals surface area contributed by atoms with Crippen molar-refractivity contribution in [1.29, 1.82) is 0 Å². The Kier molecular flexibility index (Phi) is 4.05. The summed E-state index contributed by atoms with van der Waals surface area (Å²) in [6.07, 6.45) is -5.15. The first kappa shape index (κ1) is 16.2. The lowest BCUT2D eigenvalue weighted by Crippen LogP contribution is -2.32. The number of fused-ring (bicyclic) bond motifs is 1. The van der Waals surface area contributed by atoms with E-state index in [1.807, 2.05) is 0 Å². The lowest BCUT2D eigenvalue weighted by Gasteiger charge is -2.21. The van der Waals surface area contributed by atoms with E-state index in [2.05, 4.69) is 4.98 Å². The van der Waals surface area contributed by atoms with E-state index in [-0.39, 0.29) is 37.7 Å². The van der Waals surface area contributed by atoms with Crippen LogP contribution in [0.4, 0.5) is 17.6 Å². The highest BCUT2D eigenvalue weighted by atomic mass is 19.4. The summed E-state index contributed by atoms with van der Waals surface area (Å²) in [6, 6.07) is 3.15. The van der Waals surface area contributed by atoms with Crippen molar-refractivity contribution in [3.63, 3.8) is 0 Å². The molecule has 1 aromatic heterocycles. The number of likely N-dealkylation sites (tertiary alicyclic amines) is 1. The normalized spacial score (nSPS) is 23.0. The van der Waals surface area contributed by atoms with E-state index in [0.29, 0.717) is 11.3 Å². The monoisotopic (exact) mass is 331 g/mol. The number of halogens is 4. The maximum atomic E-state index is 13.5. The summed E-state index contributed by atoms with van der Waals surface area (Å²) in [7, 11) is 1.72. The SMILES string of the molecule is Cn1c(CN2C[C@@H](F)C[C@H]2CO)nc2cc(C(F)(F)F)ccc21. The van der Waals surface area contributed by atoms with Gasteiger partial charge >= 0.3 is 6.18 Å². The second kappa shape index (κ2) is 5.76. The number of rotatable bonds is 3. The second-order valence-corrected chi connectivity index (χ2v) is 5.89. The van der Waals surface area contributed by atoms with Crippen LogP contribution < -0.4 is 0 Å². The highest BCUT2D eigenvalue weighted by Crippen LogP contribution is 2.31. The molecule has 1 N–H and O–H groups in total. The van der Waals surface area contributed by atoms with E-state index in [0.717, 1.165) is 12.1 Å².